The lowest BCUT2D eigenvalue weighted by Gasteiger charge is -2.42. The van der Waals surface area contributed by atoms with E-state index in [4.69, 9.17) is 14.8 Å². The van der Waals surface area contributed by atoms with Gasteiger partial charge < -0.3 is 30.3 Å². The number of aromatic nitrogens is 5. The van der Waals surface area contributed by atoms with Crippen LogP contribution >= 0.6 is 0 Å². The molecule has 2 saturated heterocycles. The quantitative estimate of drug-likeness (QED) is 0.281. The van der Waals surface area contributed by atoms with E-state index in [-0.39, 0.29) is 30.9 Å². The van der Waals surface area contributed by atoms with E-state index in [9.17, 15) is 22.8 Å². The standard InChI is InChI=1S/C27H26F3N9O4/c1-31-22-18-9-33-20(35-24(40)26(4-5-26)43-25(41)27(28,29)30)6-17(18)19(10-34-22)23-36-21-3-2-14(11-39(21)37-23)38-12-15-7-32-8-16(13-38)42-15/h2-3,6,9-11,15-16,32H,4-5,7-8,12-13H2,1H3,(H,31,34)(H,33,35,40). The summed E-state index contributed by atoms with van der Waals surface area (Å²) in [4.78, 5) is 39.9. The normalized spacial score (nSPS) is 21.1. The van der Waals surface area contributed by atoms with Crippen LogP contribution in [0.4, 0.5) is 30.5 Å². The van der Waals surface area contributed by atoms with Gasteiger partial charge in [0.25, 0.3) is 5.91 Å². The van der Waals surface area contributed by atoms with Crippen molar-refractivity contribution in [2.45, 2.75) is 36.8 Å². The van der Waals surface area contributed by atoms with E-state index < -0.39 is 23.7 Å². The third kappa shape index (κ3) is 5.05. The minimum Gasteiger partial charge on any atom is -0.442 e. The highest BCUT2D eigenvalue weighted by atomic mass is 19.4. The van der Waals surface area contributed by atoms with Crippen molar-refractivity contribution in [1.82, 2.24) is 29.9 Å². The summed E-state index contributed by atoms with van der Waals surface area (Å²) in [6.07, 6.45) is -0.0245. The number of fused-ring (bicyclic) bond motifs is 4. The van der Waals surface area contributed by atoms with E-state index >= 15 is 0 Å². The molecule has 7 rings (SSSR count). The number of ether oxygens (including phenoxy) is 2. The number of hydrogen-bond acceptors (Lipinski definition) is 11. The molecule has 0 aromatic carbocycles. The number of esters is 1. The molecular weight excluding hydrogens is 571 g/mol. The average molecular weight is 598 g/mol. The first-order valence-corrected chi connectivity index (χ1v) is 13.7. The van der Waals surface area contributed by atoms with Crippen LogP contribution in [0.15, 0.2) is 36.8 Å². The van der Waals surface area contributed by atoms with Crippen LogP contribution in [-0.2, 0) is 19.1 Å². The molecule has 4 aromatic heterocycles. The van der Waals surface area contributed by atoms with E-state index in [1.807, 2.05) is 18.3 Å². The lowest BCUT2D eigenvalue weighted by molar-refractivity contribution is -0.206. The molecule has 224 valence electrons. The Bertz CT molecular complexity index is 1750. The zero-order valence-corrected chi connectivity index (χ0v) is 22.8. The zero-order valence-electron chi connectivity index (χ0n) is 22.8. The minimum absolute atomic E-state index is 0.0247. The van der Waals surface area contributed by atoms with Gasteiger partial charge in [-0.25, -0.2) is 24.3 Å². The molecule has 1 amide bonds. The molecule has 0 radical (unpaired) electrons. The number of rotatable bonds is 6. The Morgan fingerprint density at radius 1 is 1.12 bits per heavy atom. The number of morpholine rings is 2. The lowest BCUT2D eigenvalue weighted by Crippen LogP contribution is -2.58. The maximum atomic E-state index is 12.9. The van der Waals surface area contributed by atoms with Crippen LogP contribution in [0.25, 0.3) is 27.8 Å². The number of anilines is 3. The molecule has 0 spiro atoms. The lowest BCUT2D eigenvalue weighted by atomic mass is 10.1. The highest BCUT2D eigenvalue weighted by Gasteiger charge is 2.58. The molecule has 16 heteroatoms. The molecule has 2 bridgehead atoms. The van der Waals surface area contributed by atoms with Crippen molar-refractivity contribution in [1.29, 1.82) is 0 Å². The van der Waals surface area contributed by atoms with Crippen LogP contribution in [0, 0.1) is 0 Å². The molecule has 3 N–H and O–H groups in total. The molecule has 3 aliphatic rings. The van der Waals surface area contributed by atoms with Gasteiger partial charge in [-0.15, -0.1) is 5.10 Å². The van der Waals surface area contributed by atoms with Gasteiger partial charge in [0.05, 0.1) is 24.1 Å². The number of nitrogens with one attached hydrogen (secondary N) is 3. The first-order chi connectivity index (χ1) is 20.6. The van der Waals surface area contributed by atoms with Crippen molar-refractivity contribution in [2.75, 3.05) is 48.8 Å². The Balaban J connectivity index is 1.19. The second-order valence-corrected chi connectivity index (χ2v) is 10.8. The molecule has 1 aliphatic carbocycles. The third-order valence-electron chi connectivity index (χ3n) is 7.79. The first kappa shape index (κ1) is 27.3. The highest BCUT2D eigenvalue weighted by Crippen LogP contribution is 2.42. The number of alkyl halides is 3. The summed E-state index contributed by atoms with van der Waals surface area (Å²) in [6.45, 7) is 3.13. The molecule has 4 aromatic rings. The molecule has 43 heavy (non-hydrogen) atoms. The summed E-state index contributed by atoms with van der Waals surface area (Å²) in [5, 5.41) is 14.8. The number of carbonyl (C=O) groups is 2. The van der Waals surface area contributed by atoms with Crippen molar-refractivity contribution in [3.63, 3.8) is 0 Å². The summed E-state index contributed by atoms with van der Waals surface area (Å²) in [5.74, 6) is -2.35. The molecular formula is C27H26F3N9O4. The smallest absolute Gasteiger partial charge is 0.442 e. The number of carbonyl (C=O) groups excluding carboxylic acids is 2. The Morgan fingerprint density at radius 2 is 1.88 bits per heavy atom. The maximum absolute atomic E-state index is 12.9. The van der Waals surface area contributed by atoms with Gasteiger partial charge in [0.15, 0.2) is 17.1 Å². The topological polar surface area (TPSA) is 148 Å². The Hall–Kier alpha value is -4.57. The van der Waals surface area contributed by atoms with E-state index in [1.165, 1.54) is 6.20 Å². The fraction of sp³-hybridized carbons (Fsp3) is 0.407. The minimum atomic E-state index is -5.21. The average Bonchev–Trinajstić information content (AvgIpc) is 3.64. The number of nitrogens with zero attached hydrogens (tertiary/aromatic N) is 6. The van der Waals surface area contributed by atoms with Crippen LogP contribution in [0.1, 0.15) is 12.8 Å². The molecule has 2 atom stereocenters. The van der Waals surface area contributed by atoms with Gasteiger partial charge in [0.1, 0.15) is 11.6 Å². The summed E-state index contributed by atoms with van der Waals surface area (Å²) in [7, 11) is 1.70. The van der Waals surface area contributed by atoms with E-state index in [0.717, 1.165) is 31.9 Å². The predicted octanol–water partition coefficient (Wildman–Crippen LogP) is 2.13. The Kier molecular flexibility index (Phi) is 6.35. The fourth-order valence-corrected chi connectivity index (χ4v) is 5.47. The second-order valence-electron chi connectivity index (χ2n) is 10.8. The van der Waals surface area contributed by atoms with Gasteiger partial charge in [-0.1, -0.05) is 0 Å². The van der Waals surface area contributed by atoms with Crippen molar-refractivity contribution < 1.29 is 32.2 Å². The fourth-order valence-electron chi connectivity index (χ4n) is 5.47. The number of pyridine rings is 3. The van der Waals surface area contributed by atoms with Gasteiger partial charge in [-0.3, -0.25) is 4.79 Å². The summed E-state index contributed by atoms with van der Waals surface area (Å²) in [6, 6.07) is 5.45. The summed E-state index contributed by atoms with van der Waals surface area (Å²) in [5.41, 5.74) is 0.280. The van der Waals surface area contributed by atoms with Gasteiger partial charge in [-0.05, 0) is 18.2 Å². The van der Waals surface area contributed by atoms with Crippen molar-refractivity contribution >= 4 is 45.6 Å². The monoisotopic (exact) mass is 597 g/mol. The van der Waals surface area contributed by atoms with Crippen LogP contribution in [0.3, 0.4) is 0 Å². The van der Waals surface area contributed by atoms with Crippen LogP contribution in [-0.4, -0.2) is 93.7 Å². The predicted molar refractivity (Wildman–Crippen MR) is 148 cm³/mol. The molecule has 3 fully saturated rings. The van der Waals surface area contributed by atoms with Gasteiger partial charge in [0.2, 0.25) is 0 Å². The summed E-state index contributed by atoms with van der Waals surface area (Å²) >= 11 is 0. The molecule has 13 nitrogen and oxygen atoms in total. The van der Waals surface area contributed by atoms with Gasteiger partial charge in [-0.2, -0.15) is 13.2 Å². The van der Waals surface area contributed by atoms with E-state index in [2.05, 4.69) is 35.6 Å². The summed E-state index contributed by atoms with van der Waals surface area (Å²) < 4.78 is 50.4. The molecule has 6 heterocycles. The first-order valence-electron chi connectivity index (χ1n) is 13.7. The van der Waals surface area contributed by atoms with E-state index in [0.29, 0.717) is 33.6 Å². The maximum Gasteiger partial charge on any atom is 0.490 e. The molecule has 2 unspecified atom stereocenters. The SMILES string of the molecule is CNc1ncc(-c2nc3ccc(N4CC5CNCC(C4)O5)cn3n2)c2cc(NC(=O)C3(OC(=O)C(F)(F)F)CC3)ncc12. The van der Waals surface area contributed by atoms with Crippen molar-refractivity contribution in [3.05, 3.63) is 36.8 Å². The molecule has 1 saturated carbocycles. The van der Waals surface area contributed by atoms with Crippen molar-refractivity contribution in [2.24, 2.45) is 0 Å². The highest BCUT2D eigenvalue weighted by molar-refractivity contribution is 6.05. The largest absolute Gasteiger partial charge is 0.490 e. The zero-order chi connectivity index (χ0) is 29.9. The third-order valence-corrected chi connectivity index (χ3v) is 7.79. The van der Waals surface area contributed by atoms with Crippen LogP contribution < -0.4 is 20.9 Å². The second kappa shape index (κ2) is 10.0. The van der Waals surface area contributed by atoms with E-state index in [1.54, 1.807) is 23.8 Å². The van der Waals surface area contributed by atoms with Crippen LogP contribution in [0.2, 0.25) is 0 Å². The number of halogens is 3. The van der Waals surface area contributed by atoms with Gasteiger partial charge >= 0.3 is 12.1 Å². The van der Waals surface area contributed by atoms with Gasteiger partial charge in [0, 0.05) is 74.8 Å². The number of hydrogen-bond donors (Lipinski definition) is 3. The van der Waals surface area contributed by atoms with Crippen LogP contribution in [0.5, 0.6) is 0 Å². The Labute approximate surface area is 241 Å². The Morgan fingerprint density at radius 3 is 2.58 bits per heavy atom. The number of amides is 1. The van der Waals surface area contributed by atoms with Crippen molar-refractivity contribution in [3.8, 4) is 11.4 Å². The molecule has 2 aliphatic heterocycles.